The number of rotatable bonds is 4. The van der Waals surface area contributed by atoms with Crippen molar-refractivity contribution in [2.24, 2.45) is 5.10 Å². The maximum atomic E-state index is 12.2. The summed E-state index contributed by atoms with van der Waals surface area (Å²) in [6, 6.07) is 16.5. The van der Waals surface area contributed by atoms with Crippen molar-refractivity contribution in [1.29, 1.82) is 0 Å². The van der Waals surface area contributed by atoms with Crippen molar-refractivity contribution in [3.05, 3.63) is 54.6 Å². The second-order valence-electron chi connectivity index (χ2n) is 5.36. The highest BCUT2D eigenvalue weighted by Gasteiger charge is 2.21. The fourth-order valence-electron chi connectivity index (χ4n) is 2.27. The number of carbonyl (C=O) groups is 2. The van der Waals surface area contributed by atoms with Crippen LogP contribution in [0.15, 0.2) is 59.7 Å². The van der Waals surface area contributed by atoms with Crippen LogP contribution in [0, 0.1) is 0 Å². The summed E-state index contributed by atoms with van der Waals surface area (Å²) >= 11 is 0. The van der Waals surface area contributed by atoms with Gasteiger partial charge in [0.15, 0.2) is 0 Å². The van der Waals surface area contributed by atoms with E-state index in [1.807, 2.05) is 30.3 Å². The Hall–Kier alpha value is -3.15. The van der Waals surface area contributed by atoms with Crippen molar-refractivity contribution in [1.82, 2.24) is 5.01 Å². The third kappa shape index (κ3) is 3.78. The number of para-hydroxylation sites is 1. The molecule has 3 rings (SSSR count). The van der Waals surface area contributed by atoms with Crippen LogP contribution in [-0.4, -0.2) is 29.6 Å². The standard InChI is InChI=1S/C18H17N3O3/c1-21-17(22)12-11-16(20-21)18(23)19-13-7-9-15(10-8-13)24-14-5-3-2-4-6-14/h2-10H,11-12H2,1H3,(H,19,23). The van der Waals surface area contributed by atoms with E-state index in [4.69, 9.17) is 4.74 Å². The quantitative estimate of drug-likeness (QED) is 0.940. The van der Waals surface area contributed by atoms with E-state index >= 15 is 0 Å². The van der Waals surface area contributed by atoms with Crippen LogP contribution >= 0.6 is 0 Å². The first-order valence-electron chi connectivity index (χ1n) is 7.60. The molecule has 0 radical (unpaired) electrons. The third-order valence-electron chi connectivity index (χ3n) is 3.56. The van der Waals surface area contributed by atoms with Crippen molar-refractivity contribution in [3.8, 4) is 11.5 Å². The van der Waals surface area contributed by atoms with Crippen LogP contribution in [0.25, 0.3) is 0 Å². The number of carbonyl (C=O) groups excluding carboxylic acids is 2. The minimum absolute atomic E-state index is 0.0889. The third-order valence-corrected chi connectivity index (χ3v) is 3.56. The molecule has 0 unspecified atom stereocenters. The lowest BCUT2D eigenvalue weighted by Gasteiger charge is -2.18. The molecule has 1 aliphatic heterocycles. The number of hydrazone groups is 1. The van der Waals surface area contributed by atoms with Gasteiger partial charge in [0, 0.05) is 25.6 Å². The average Bonchev–Trinajstić information content (AvgIpc) is 2.60. The SMILES string of the molecule is CN1N=C(C(=O)Nc2ccc(Oc3ccccc3)cc2)CCC1=O. The van der Waals surface area contributed by atoms with Gasteiger partial charge in [-0.1, -0.05) is 18.2 Å². The molecule has 0 bridgehead atoms. The first-order chi connectivity index (χ1) is 11.6. The molecule has 0 fully saturated rings. The van der Waals surface area contributed by atoms with E-state index in [0.29, 0.717) is 30.0 Å². The fourth-order valence-corrected chi connectivity index (χ4v) is 2.27. The topological polar surface area (TPSA) is 71.0 Å². The summed E-state index contributed by atoms with van der Waals surface area (Å²) in [5.41, 5.74) is 0.990. The minimum Gasteiger partial charge on any atom is -0.457 e. The molecule has 0 aliphatic carbocycles. The molecular weight excluding hydrogens is 306 g/mol. The van der Waals surface area contributed by atoms with E-state index in [-0.39, 0.29) is 11.8 Å². The van der Waals surface area contributed by atoms with Crippen LogP contribution in [0.4, 0.5) is 5.69 Å². The number of hydrogen-bond donors (Lipinski definition) is 1. The first-order valence-corrected chi connectivity index (χ1v) is 7.60. The molecule has 2 amide bonds. The summed E-state index contributed by atoms with van der Waals surface area (Å²) in [7, 11) is 1.55. The van der Waals surface area contributed by atoms with E-state index < -0.39 is 0 Å². The predicted octanol–water partition coefficient (Wildman–Crippen LogP) is 3.03. The van der Waals surface area contributed by atoms with E-state index in [2.05, 4.69) is 10.4 Å². The van der Waals surface area contributed by atoms with Crippen LogP contribution in [0.5, 0.6) is 11.5 Å². The predicted molar refractivity (Wildman–Crippen MR) is 91.0 cm³/mol. The molecule has 24 heavy (non-hydrogen) atoms. The molecule has 122 valence electrons. The Labute approximate surface area is 139 Å². The molecule has 0 saturated heterocycles. The van der Waals surface area contributed by atoms with Crippen LogP contribution < -0.4 is 10.1 Å². The minimum atomic E-state index is -0.300. The van der Waals surface area contributed by atoms with Crippen molar-refractivity contribution >= 4 is 23.2 Å². The van der Waals surface area contributed by atoms with Gasteiger partial charge >= 0.3 is 0 Å². The molecule has 0 atom stereocenters. The van der Waals surface area contributed by atoms with Crippen LogP contribution in [-0.2, 0) is 9.59 Å². The molecule has 1 heterocycles. The molecule has 2 aromatic rings. The Morgan fingerprint density at radius 1 is 1.04 bits per heavy atom. The molecule has 0 aromatic heterocycles. The lowest BCUT2D eigenvalue weighted by Crippen LogP contribution is -2.34. The van der Waals surface area contributed by atoms with Crippen LogP contribution in [0.2, 0.25) is 0 Å². The summed E-state index contributed by atoms with van der Waals surface area (Å²) in [4.78, 5) is 23.6. The zero-order valence-electron chi connectivity index (χ0n) is 13.2. The normalized spacial score (nSPS) is 14.1. The molecule has 6 heteroatoms. The highest BCUT2D eigenvalue weighted by molar-refractivity contribution is 6.43. The van der Waals surface area contributed by atoms with Crippen LogP contribution in [0.1, 0.15) is 12.8 Å². The lowest BCUT2D eigenvalue weighted by molar-refractivity contribution is -0.130. The number of amides is 2. The summed E-state index contributed by atoms with van der Waals surface area (Å²) in [6.45, 7) is 0. The Morgan fingerprint density at radius 2 is 1.71 bits per heavy atom. The summed E-state index contributed by atoms with van der Waals surface area (Å²) in [5.74, 6) is 1.04. The zero-order valence-corrected chi connectivity index (χ0v) is 13.2. The van der Waals surface area contributed by atoms with Crippen molar-refractivity contribution in [2.45, 2.75) is 12.8 Å². The number of anilines is 1. The Morgan fingerprint density at radius 3 is 2.38 bits per heavy atom. The Kier molecular flexibility index (Phi) is 4.56. The first kappa shape index (κ1) is 15.7. The maximum absolute atomic E-state index is 12.2. The van der Waals surface area contributed by atoms with Crippen molar-refractivity contribution in [2.75, 3.05) is 12.4 Å². The maximum Gasteiger partial charge on any atom is 0.271 e. The second-order valence-corrected chi connectivity index (χ2v) is 5.36. The number of nitrogens with one attached hydrogen (secondary N) is 1. The fraction of sp³-hybridized carbons (Fsp3) is 0.167. The van der Waals surface area contributed by atoms with E-state index in [9.17, 15) is 9.59 Å². The highest BCUT2D eigenvalue weighted by atomic mass is 16.5. The van der Waals surface area contributed by atoms with Gasteiger partial charge in [0.1, 0.15) is 17.2 Å². The monoisotopic (exact) mass is 323 g/mol. The number of nitrogens with zero attached hydrogens (tertiary/aromatic N) is 2. The van der Waals surface area contributed by atoms with Gasteiger partial charge in [0.2, 0.25) is 5.91 Å². The van der Waals surface area contributed by atoms with Gasteiger partial charge in [-0.25, -0.2) is 5.01 Å². The van der Waals surface area contributed by atoms with Crippen LogP contribution in [0.3, 0.4) is 0 Å². The number of ether oxygens (including phenoxy) is 1. The van der Waals surface area contributed by atoms with Gasteiger partial charge in [-0.2, -0.15) is 5.10 Å². The van der Waals surface area contributed by atoms with Gasteiger partial charge in [-0.3, -0.25) is 9.59 Å². The van der Waals surface area contributed by atoms with E-state index in [1.54, 1.807) is 31.3 Å². The molecule has 2 aromatic carbocycles. The Bertz CT molecular complexity index is 770. The highest BCUT2D eigenvalue weighted by Crippen LogP contribution is 2.22. The summed E-state index contributed by atoms with van der Waals surface area (Å²) in [6.07, 6.45) is 0.650. The van der Waals surface area contributed by atoms with Gasteiger partial charge in [-0.15, -0.1) is 0 Å². The molecule has 1 N–H and O–H groups in total. The number of benzene rings is 2. The van der Waals surface area contributed by atoms with E-state index in [0.717, 1.165) is 5.75 Å². The van der Waals surface area contributed by atoms with Gasteiger partial charge < -0.3 is 10.1 Å². The van der Waals surface area contributed by atoms with E-state index in [1.165, 1.54) is 5.01 Å². The largest absolute Gasteiger partial charge is 0.457 e. The smallest absolute Gasteiger partial charge is 0.271 e. The van der Waals surface area contributed by atoms with Crippen molar-refractivity contribution in [3.63, 3.8) is 0 Å². The molecule has 1 aliphatic rings. The lowest BCUT2D eigenvalue weighted by atomic mass is 10.1. The van der Waals surface area contributed by atoms with Crippen molar-refractivity contribution < 1.29 is 14.3 Å². The number of hydrogen-bond acceptors (Lipinski definition) is 4. The molecule has 6 nitrogen and oxygen atoms in total. The zero-order chi connectivity index (χ0) is 16.9. The van der Waals surface area contributed by atoms with Gasteiger partial charge in [0.05, 0.1) is 0 Å². The second kappa shape index (κ2) is 6.95. The molecule has 0 saturated carbocycles. The average molecular weight is 323 g/mol. The molecular formula is C18H17N3O3. The Balaban J connectivity index is 1.63. The summed E-state index contributed by atoms with van der Waals surface area (Å²) in [5, 5.41) is 7.97. The summed E-state index contributed by atoms with van der Waals surface area (Å²) < 4.78 is 5.70. The van der Waals surface area contributed by atoms with Gasteiger partial charge in [0.25, 0.3) is 5.91 Å². The van der Waals surface area contributed by atoms with Gasteiger partial charge in [-0.05, 0) is 36.4 Å². The molecule has 0 spiro atoms.